The Kier molecular flexibility index (Phi) is 1.78. The predicted molar refractivity (Wildman–Crippen MR) is 82.5 cm³/mol. The molecule has 3 aromatic rings. The maximum absolute atomic E-state index is 7.35. The van der Waals surface area contributed by atoms with Crippen molar-refractivity contribution in [3.63, 3.8) is 0 Å². The number of allylic oxidation sites excluding steroid dienone is 2. The molecular formula is C18H12O2. The fourth-order valence-corrected chi connectivity index (χ4v) is 2.91. The molecule has 4 rings (SSSR count). The van der Waals surface area contributed by atoms with Crippen molar-refractivity contribution in [2.45, 2.75) is 0 Å². The summed E-state index contributed by atoms with van der Waals surface area (Å²) in [6.45, 7) is 0. The molecule has 0 aromatic heterocycles. The number of aromatic hydroxyl groups is 1. The molecule has 0 fully saturated rings. The van der Waals surface area contributed by atoms with E-state index in [1.54, 1.807) is 12.1 Å². The minimum atomic E-state index is 0.506. The van der Waals surface area contributed by atoms with Crippen LogP contribution in [-0.2, 0) is 0 Å². The normalized spacial score (nSPS) is 14.9. The second-order valence-electron chi connectivity index (χ2n) is 4.94. The molecule has 0 saturated heterocycles. The van der Waals surface area contributed by atoms with Crippen molar-refractivity contribution < 1.29 is 10.2 Å². The summed E-state index contributed by atoms with van der Waals surface area (Å²) in [5.74, 6) is 1.03. The van der Waals surface area contributed by atoms with Gasteiger partial charge in [0.05, 0.1) is 0 Å². The number of hydrogen-bond acceptors (Lipinski definition) is 2. The highest BCUT2D eigenvalue weighted by atomic mass is 16.3. The van der Waals surface area contributed by atoms with Crippen molar-refractivity contribution in [2.24, 2.45) is 0 Å². The van der Waals surface area contributed by atoms with E-state index < -0.39 is 0 Å². The summed E-state index contributed by atoms with van der Waals surface area (Å²) < 4.78 is 14.6. The van der Waals surface area contributed by atoms with Gasteiger partial charge in [-0.25, -0.2) is 0 Å². The lowest BCUT2D eigenvalue weighted by molar-refractivity contribution is 0.482. The van der Waals surface area contributed by atoms with E-state index in [1.807, 2.05) is 48.6 Å². The number of phenolic OH excluding ortho intramolecular Hbond substituents is 1. The second-order valence-corrected chi connectivity index (χ2v) is 4.94. The number of hydrogen-bond donors (Lipinski definition) is 2. The van der Waals surface area contributed by atoms with E-state index in [9.17, 15) is 0 Å². The van der Waals surface area contributed by atoms with Crippen molar-refractivity contribution >= 4 is 33.4 Å². The quantitative estimate of drug-likeness (QED) is 0.739. The fourth-order valence-electron chi connectivity index (χ4n) is 2.91. The maximum atomic E-state index is 7.35. The van der Waals surface area contributed by atoms with Crippen LogP contribution in [0.5, 0.6) is 5.75 Å². The Hall–Kier alpha value is -2.74. The summed E-state index contributed by atoms with van der Waals surface area (Å²) in [7, 11) is 0. The van der Waals surface area contributed by atoms with E-state index in [-0.39, 0.29) is 0 Å². The molecule has 0 unspecified atom stereocenters. The van der Waals surface area contributed by atoms with Crippen LogP contribution in [0.1, 0.15) is 5.56 Å². The van der Waals surface area contributed by atoms with Crippen LogP contribution in [-0.4, -0.2) is 11.6 Å². The Balaban J connectivity index is 2.34. The lowest BCUT2D eigenvalue weighted by Crippen LogP contribution is -2.11. The molecule has 0 spiro atoms. The molecule has 0 bridgehead atoms. The highest BCUT2D eigenvalue weighted by Crippen LogP contribution is 2.32. The zero-order valence-electron chi connectivity index (χ0n) is 12.6. The molecule has 20 heavy (non-hydrogen) atoms. The summed E-state index contributed by atoms with van der Waals surface area (Å²) in [6.07, 6.45) is 7.52. The highest BCUT2D eigenvalue weighted by Gasteiger charge is 2.12. The van der Waals surface area contributed by atoms with E-state index in [2.05, 4.69) is 0 Å². The van der Waals surface area contributed by atoms with Gasteiger partial charge in [0.2, 0.25) is 0 Å². The van der Waals surface area contributed by atoms with Crippen LogP contribution in [0.4, 0.5) is 0 Å². The van der Waals surface area contributed by atoms with E-state index in [1.165, 1.54) is 0 Å². The van der Waals surface area contributed by atoms with Gasteiger partial charge >= 0.3 is 0 Å². The molecule has 1 aliphatic rings. The van der Waals surface area contributed by atoms with Gasteiger partial charge in [0.15, 0.2) is 0 Å². The molecule has 0 heterocycles. The van der Waals surface area contributed by atoms with Gasteiger partial charge in [-0.15, -0.1) is 0 Å². The summed E-state index contributed by atoms with van der Waals surface area (Å²) in [6, 6.07) is 11.7. The first-order valence-corrected chi connectivity index (χ1v) is 6.47. The molecular weight excluding hydrogens is 248 g/mol. The molecule has 96 valence electrons. The third kappa shape index (κ3) is 1.39. The van der Waals surface area contributed by atoms with E-state index >= 15 is 0 Å². The number of benzene rings is 3. The number of aliphatic hydroxyl groups is 1. The van der Waals surface area contributed by atoms with Crippen LogP contribution >= 0.6 is 0 Å². The largest absolute Gasteiger partial charge is 0.507 e. The van der Waals surface area contributed by atoms with Gasteiger partial charge in [-0.05, 0) is 34.5 Å². The Morgan fingerprint density at radius 1 is 0.900 bits per heavy atom. The van der Waals surface area contributed by atoms with Gasteiger partial charge in [0, 0.05) is 16.0 Å². The maximum Gasteiger partial charge on any atom is 0.293 e. The third-order valence-corrected chi connectivity index (χ3v) is 3.78. The Bertz CT molecular complexity index is 1000. The van der Waals surface area contributed by atoms with Gasteiger partial charge in [0.1, 0.15) is 11.5 Å². The molecule has 0 radical (unpaired) electrons. The monoisotopic (exact) mass is 262 g/mol. The number of phenols is 1. The average molecular weight is 262 g/mol. The summed E-state index contributed by atoms with van der Waals surface area (Å²) in [5, 5.41) is 14.5. The molecule has 2 nitrogen and oxygen atoms in total. The second kappa shape index (κ2) is 3.87. The standard InChI is InChI=1S/C18H12O2/c19-15-9-8-11-5-3-6-13-17(11)14(15)10-12-4-1-2-7-16(20)18(12)13/h1-10,19-20H/i/hD2. The van der Waals surface area contributed by atoms with Crippen molar-refractivity contribution in [1.82, 2.24) is 0 Å². The minimum absolute atomic E-state index is 0.506. The molecule has 2 N–H and O–H groups in total. The summed E-state index contributed by atoms with van der Waals surface area (Å²) in [4.78, 5) is 0. The van der Waals surface area contributed by atoms with Crippen LogP contribution in [0, 0.1) is 0 Å². The fraction of sp³-hybridized carbons (Fsp3) is 0. The first-order valence-electron chi connectivity index (χ1n) is 7.28. The van der Waals surface area contributed by atoms with Crippen LogP contribution in [0.3, 0.4) is 0 Å². The van der Waals surface area contributed by atoms with Crippen molar-refractivity contribution in [3.05, 3.63) is 65.4 Å². The van der Waals surface area contributed by atoms with E-state index in [4.69, 9.17) is 13.1 Å². The number of rotatable bonds is 2. The van der Waals surface area contributed by atoms with Gasteiger partial charge in [0.25, 0.3) is 2.86 Å². The smallest absolute Gasteiger partial charge is 0.293 e. The number of fused-ring (bicyclic) bond motifs is 2. The van der Waals surface area contributed by atoms with Crippen LogP contribution in [0.25, 0.3) is 34.8 Å². The molecule has 0 saturated carbocycles. The highest BCUT2D eigenvalue weighted by molar-refractivity contribution is 6.13. The first kappa shape index (κ1) is 9.21. The average Bonchev–Trinajstić information content (AvgIpc) is 2.77. The van der Waals surface area contributed by atoms with Gasteiger partial charge in [-0.3, -0.25) is 0 Å². The first-order chi connectivity index (χ1) is 10.8. The Morgan fingerprint density at radius 3 is 2.75 bits per heavy atom. The molecule has 2 heteroatoms. The minimum Gasteiger partial charge on any atom is -0.507 e. The molecule has 1 aliphatic carbocycles. The third-order valence-electron chi connectivity index (χ3n) is 3.78. The van der Waals surface area contributed by atoms with Crippen LogP contribution in [0.2, 0.25) is 0 Å². The number of aliphatic hydroxyl groups excluding tert-OH is 1. The van der Waals surface area contributed by atoms with Crippen molar-refractivity contribution in [3.8, 4) is 5.75 Å². The zero-order chi connectivity index (χ0) is 15.1. The van der Waals surface area contributed by atoms with Gasteiger partial charge < -0.3 is 10.2 Å². The SMILES string of the molecule is [2H]OC1=c2c(cc3c(O[2H])ccc4cccc2c43)C=CC=C1. The van der Waals surface area contributed by atoms with E-state index in [0.717, 1.165) is 32.3 Å². The molecule has 0 aliphatic heterocycles. The Labute approximate surface area is 118 Å². The predicted octanol–water partition coefficient (Wildman–Crippen LogP) is 3.67. The van der Waals surface area contributed by atoms with Crippen molar-refractivity contribution in [2.75, 3.05) is 0 Å². The van der Waals surface area contributed by atoms with Gasteiger partial charge in [-0.2, -0.15) is 0 Å². The topological polar surface area (TPSA) is 40.5 Å². The zero-order valence-corrected chi connectivity index (χ0v) is 10.6. The lowest BCUT2D eigenvalue weighted by Gasteiger charge is -2.10. The van der Waals surface area contributed by atoms with Gasteiger partial charge in [-0.1, -0.05) is 42.5 Å². The van der Waals surface area contributed by atoms with E-state index in [0.29, 0.717) is 11.5 Å². The summed E-state index contributed by atoms with van der Waals surface area (Å²) >= 11 is 0. The molecule has 0 amide bonds. The van der Waals surface area contributed by atoms with Crippen LogP contribution in [0.15, 0.2) is 54.6 Å². The lowest BCUT2D eigenvalue weighted by atomic mass is 9.95. The van der Waals surface area contributed by atoms with Crippen molar-refractivity contribution in [1.29, 1.82) is 2.86 Å². The molecule has 0 atom stereocenters. The Morgan fingerprint density at radius 2 is 1.85 bits per heavy atom. The summed E-state index contributed by atoms with van der Waals surface area (Å²) in [5.41, 5.74) is 0.941. The van der Waals surface area contributed by atoms with Crippen LogP contribution < -0.4 is 5.22 Å². The molecule has 3 aromatic carbocycles.